The molecule has 0 bridgehead atoms. The van der Waals surface area contributed by atoms with E-state index in [0.717, 1.165) is 24.0 Å². The summed E-state index contributed by atoms with van der Waals surface area (Å²) in [6.07, 6.45) is 5.17. The molecule has 3 heterocycles. The number of H-pyrrole nitrogens is 1. The van der Waals surface area contributed by atoms with Gasteiger partial charge in [-0.1, -0.05) is 12.1 Å². The summed E-state index contributed by atoms with van der Waals surface area (Å²) in [5, 5.41) is 16.2. The van der Waals surface area contributed by atoms with E-state index in [-0.39, 0.29) is 11.9 Å². The number of aromatic nitrogens is 3. The minimum absolute atomic E-state index is 0.0219. The average Bonchev–Trinajstić information content (AvgIpc) is 3.22. The van der Waals surface area contributed by atoms with E-state index in [0.29, 0.717) is 42.4 Å². The lowest BCUT2D eigenvalue weighted by atomic mass is 10.0. The van der Waals surface area contributed by atoms with Gasteiger partial charge >= 0.3 is 0 Å². The molecule has 1 amide bonds. The Kier molecular flexibility index (Phi) is 5.72. The molecule has 1 fully saturated rings. The molecular formula is C22H22N6O2. The molecule has 0 spiro atoms. The van der Waals surface area contributed by atoms with Crippen LogP contribution in [0.15, 0.2) is 48.8 Å². The lowest BCUT2D eigenvalue weighted by Crippen LogP contribution is -2.45. The summed E-state index contributed by atoms with van der Waals surface area (Å²) in [4.78, 5) is 19.0. The predicted molar refractivity (Wildman–Crippen MR) is 110 cm³/mol. The Labute approximate surface area is 174 Å². The largest absolute Gasteiger partial charge is 0.471 e. The molecule has 8 nitrogen and oxygen atoms in total. The fourth-order valence-corrected chi connectivity index (χ4v) is 3.55. The van der Waals surface area contributed by atoms with E-state index in [4.69, 9.17) is 15.7 Å². The number of ether oxygens (including phenoxy) is 1. The van der Waals surface area contributed by atoms with Crippen molar-refractivity contribution in [1.29, 1.82) is 5.26 Å². The zero-order valence-corrected chi connectivity index (χ0v) is 16.4. The maximum Gasteiger partial charge on any atom is 0.272 e. The fraction of sp³-hybridized carbons (Fsp3) is 0.273. The zero-order valence-electron chi connectivity index (χ0n) is 16.4. The van der Waals surface area contributed by atoms with E-state index in [1.807, 2.05) is 12.1 Å². The molecule has 3 N–H and O–H groups in total. The number of carbonyl (C=O) groups excluding carboxylic acids is 1. The highest BCUT2D eigenvalue weighted by Crippen LogP contribution is 2.33. The van der Waals surface area contributed by atoms with Gasteiger partial charge in [-0.3, -0.25) is 14.9 Å². The van der Waals surface area contributed by atoms with Gasteiger partial charge in [0.05, 0.1) is 17.2 Å². The number of benzene rings is 1. The number of nitrogens with one attached hydrogen (secondary N) is 1. The quantitative estimate of drug-likeness (QED) is 0.676. The summed E-state index contributed by atoms with van der Waals surface area (Å²) in [5.74, 6) is 0.178. The van der Waals surface area contributed by atoms with Crippen LogP contribution in [0.4, 0.5) is 0 Å². The van der Waals surface area contributed by atoms with Crippen LogP contribution in [0, 0.1) is 11.3 Å². The third-order valence-electron chi connectivity index (χ3n) is 5.12. The lowest BCUT2D eigenvalue weighted by Gasteiger charge is -2.30. The first-order valence-corrected chi connectivity index (χ1v) is 9.81. The number of aromatic amines is 1. The molecule has 0 saturated carbocycles. The topological polar surface area (TPSA) is 121 Å². The predicted octanol–water partition coefficient (Wildman–Crippen LogP) is 2.49. The molecule has 0 radical (unpaired) electrons. The lowest BCUT2D eigenvalue weighted by molar-refractivity contribution is 0.0703. The van der Waals surface area contributed by atoms with Crippen molar-refractivity contribution in [2.75, 3.05) is 13.1 Å². The number of nitrogens with zero attached hydrogens (tertiary/aromatic N) is 4. The van der Waals surface area contributed by atoms with Gasteiger partial charge in [-0.2, -0.15) is 5.26 Å². The van der Waals surface area contributed by atoms with E-state index in [1.54, 1.807) is 41.6 Å². The maximum atomic E-state index is 13.2. The van der Waals surface area contributed by atoms with Crippen molar-refractivity contribution in [3.8, 4) is 23.1 Å². The van der Waals surface area contributed by atoms with Gasteiger partial charge < -0.3 is 15.4 Å². The Balaban J connectivity index is 1.67. The van der Waals surface area contributed by atoms with E-state index >= 15 is 0 Å². The third kappa shape index (κ3) is 4.16. The Morgan fingerprint density at radius 2 is 2.03 bits per heavy atom. The monoisotopic (exact) mass is 402 g/mol. The van der Waals surface area contributed by atoms with Crippen LogP contribution in [0.1, 0.15) is 34.5 Å². The van der Waals surface area contributed by atoms with Crippen molar-refractivity contribution in [2.24, 2.45) is 5.73 Å². The van der Waals surface area contributed by atoms with Gasteiger partial charge in [0.25, 0.3) is 5.91 Å². The summed E-state index contributed by atoms with van der Waals surface area (Å²) >= 11 is 0. The summed E-state index contributed by atoms with van der Waals surface area (Å²) in [6.45, 7) is 1.46. The van der Waals surface area contributed by atoms with Crippen LogP contribution in [-0.4, -0.2) is 45.1 Å². The Morgan fingerprint density at radius 3 is 2.73 bits per heavy atom. The molecule has 1 aliphatic rings. The van der Waals surface area contributed by atoms with Crippen molar-refractivity contribution in [2.45, 2.75) is 25.5 Å². The molecule has 2 aromatic heterocycles. The molecule has 0 aliphatic carbocycles. The van der Waals surface area contributed by atoms with Crippen LogP contribution >= 0.6 is 0 Å². The van der Waals surface area contributed by atoms with Crippen molar-refractivity contribution in [1.82, 2.24) is 20.1 Å². The second-order valence-electron chi connectivity index (χ2n) is 7.27. The van der Waals surface area contributed by atoms with Gasteiger partial charge in [0.2, 0.25) is 5.88 Å². The average molecular weight is 402 g/mol. The molecule has 1 aliphatic heterocycles. The number of amides is 1. The van der Waals surface area contributed by atoms with Crippen LogP contribution in [0.5, 0.6) is 5.88 Å². The van der Waals surface area contributed by atoms with Gasteiger partial charge in [-0.05, 0) is 48.2 Å². The molecule has 1 aromatic carbocycles. The SMILES string of the molecule is N#Cc1ccc(-c2c(OCc3ccncc3)n[nH]c2C(=O)N2CCC[C@@H](N)C2)cc1. The van der Waals surface area contributed by atoms with Crippen molar-refractivity contribution >= 4 is 5.91 Å². The molecule has 0 unspecified atom stereocenters. The number of rotatable bonds is 5. The van der Waals surface area contributed by atoms with E-state index in [2.05, 4.69) is 21.3 Å². The van der Waals surface area contributed by atoms with Crippen molar-refractivity contribution < 1.29 is 9.53 Å². The molecule has 1 saturated heterocycles. The molecule has 1 atom stereocenters. The fourth-order valence-electron chi connectivity index (χ4n) is 3.55. The Bertz CT molecular complexity index is 1060. The Morgan fingerprint density at radius 1 is 1.27 bits per heavy atom. The number of hydrogen-bond donors (Lipinski definition) is 2. The highest BCUT2D eigenvalue weighted by molar-refractivity contribution is 6.00. The summed E-state index contributed by atoms with van der Waals surface area (Å²) < 4.78 is 5.94. The van der Waals surface area contributed by atoms with Gasteiger partial charge in [0, 0.05) is 31.5 Å². The molecule has 8 heteroatoms. The molecule has 4 rings (SSSR count). The first kappa shape index (κ1) is 19.6. The number of likely N-dealkylation sites (tertiary alicyclic amines) is 1. The minimum Gasteiger partial charge on any atom is -0.471 e. The molecule has 30 heavy (non-hydrogen) atoms. The highest BCUT2D eigenvalue weighted by atomic mass is 16.5. The number of hydrogen-bond acceptors (Lipinski definition) is 6. The van der Waals surface area contributed by atoms with E-state index in [1.165, 1.54) is 0 Å². The molecule has 152 valence electrons. The number of pyridine rings is 1. The normalized spacial score (nSPS) is 16.1. The van der Waals surface area contributed by atoms with Crippen molar-refractivity contribution in [3.63, 3.8) is 0 Å². The first-order chi connectivity index (χ1) is 14.7. The number of piperidine rings is 1. The highest BCUT2D eigenvalue weighted by Gasteiger charge is 2.28. The second-order valence-corrected chi connectivity index (χ2v) is 7.27. The molecular weight excluding hydrogens is 380 g/mol. The van der Waals surface area contributed by atoms with E-state index in [9.17, 15) is 4.79 Å². The van der Waals surface area contributed by atoms with Crippen molar-refractivity contribution in [3.05, 3.63) is 65.6 Å². The van der Waals surface area contributed by atoms with Crippen LogP contribution in [-0.2, 0) is 6.61 Å². The van der Waals surface area contributed by atoms with Gasteiger partial charge in [0.1, 0.15) is 12.3 Å². The van der Waals surface area contributed by atoms with Gasteiger partial charge in [0.15, 0.2) is 0 Å². The summed E-state index contributed by atoms with van der Waals surface area (Å²) in [5.41, 5.74) is 9.22. The Hall–Kier alpha value is -3.70. The van der Waals surface area contributed by atoms with E-state index < -0.39 is 0 Å². The minimum atomic E-state index is -0.157. The third-order valence-corrected chi connectivity index (χ3v) is 5.12. The molecule has 3 aromatic rings. The smallest absolute Gasteiger partial charge is 0.272 e. The standard InChI is InChI=1S/C22H22N6O2/c23-12-15-3-5-17(6-4-15)19-20(22(29)28-11-1-2-18(24)13-28)26-27-21(19)30-14-16-7-9-25-10-8-16/h3-10,18H,1-2,11,13-14,24H2,(H,26,27)/t18-/m1/s1. The number of carbonyl (C=O) groups is 1. The van der Waals surface area contributed by atoms with Crippen LogP contribution < -0.4 is 10.5 Å². The van der Waals surface area contributed by atoms with Crippen LogP contribution in [0.2, 0.25) is 0 Å². The van der Waals surface area contributed by atoms with Crippen LogP contribution in [0.3, 0.4) is 0 Å². The maximum absolute atomic E-state index is 13.2. The summed E-state index contributed by atoms with van der Waals surface area (Å²) in [7, 11) is 0. The van der Waals surface area contributed by atoms with Crippen LogP contribution in [0.25, 0.3) is 11.1 Å². The first-order valence-electron chi connectivity index (χ1n) is 9.81. The second kappa shape index (κ2) is 8.76. The number of nitriles is 1. The van der Waals surface area contributed by atoms with Gasteiger partial charge in [-0.25, -0.2) is 0 Å². The van der Waals surface area contributed by atoms with Gasteiger partial charge in [-0.15, -0.1) is 5.10 Å². The zero-order chi connectivity index (χ0) is 20.9. The number of nitrogens with two attached hydrogens (primary N) is 1. The summed E-state index contributed by atoms with van der Waals surface area (Å²) in [6, 6.07) is 12.8.